The number of hydrogen-bond acceptors (Lipinski definition) is 5. The summed E-state index contributed by atoms with van der Waals surface area (Å²) in [6.07, 6.45) is 1.84. The van der Waals surface area contributed by atoms with Crippen LogP contribution < -0.4 is 4.90 Å². The number of alkyl halides is 3. The molecule has 2 fully saturated rings. The van der Waals surface area contributed by atoms with Crippen molar-refractivity contribution < 1.29 is 18.3 Å². The molecule has 2 atom stereocenters. The van der Waals surface area contributed by atoms with Gasteiger partial charge in [0.15, 0.2) is 5.69 Å². The highest BCUT2D eigenvalue weighted by molar-refractivity contribution is 5.50. The quantitative estimate of drug-likeness (QED) is 0.907. The molecule has 0 spiro atoms. The van der Waals surface area contributed by atoms with Gasteiger partial charge in [0.25, 0.3) is 0 Å². The molecule has 0 saturated carbocycles. The van der Waals surface area contributed by atoms with E-state index in [-0.39, 0.29) is 18.3 Å². The van der Waals surface area contributed by atoms with E-state index in [1.165, 1.54) is 6.20 Å². The lowest BCUT2D eigenvalue weighted by atomic mass is 10.00. The monoisotopic (exact) mass is 344 g/mol. The highest BCUT2D eigenvalue weighted by Crippen LogP contribution is 2.36. The van der Waals surface area contributed by atoms with Crippen LogP contribution in [0.1, 0.15) is 31.4 Å². The Morgan fingerprint density at radius 2 is 2.04 bits per heavy atom. The number of piperidine rings is 1. The molecule has 0 bridgehead atoms. The lowest BCUT2D eigenvalue weighted by molar-refractivity contribution is -0.140. The van der Waals surface area contributed by atoms with Crippen LogP contribution in [-0.2, 0) is 6.18 Å². The van der Waals surface area contributed by atoms with Crippen molar-refractivity contribution in [2.24, 2.45) is 5.92 Å². The summed E-state index contributed by atoms with van der Waals surface area (Å²) in [6, 6.07) is 0.193. The number of aliphatic hydroxyl groups excluding tert-OH is 1. The smallest absolute Gasteiger partial charge is 0.395 e. The minimum atomic E-state index is -4.47. The zero-order valence-corrected chi connectivity index (χ0v) is 13.5. The van der Waals surface area contributed by atoms with Crippen molar-refractivity contribution in [3.63, 3.8) is 0 Å². The summed E-state index contributed by atoms with van der Waals surface area (Å²) in [5.41, 5.74) is -0.783. The Kier molecular flexibility index (Phi) is 5.24. The summed E-state index contributed by atoms with van der Waals surface area (Å²) in [5.74, 6) is 0.304. The number of aromatic nitrogens is 2. The van der Waals surface area contributed by atoms with E-state index in [1.54, 1.807) is 4.90 Å². The van der Waals surface area contributed by atoms with Crippen molar-refractivity contribution in [3.05, 3.63) is 18.2 Å². The maximum Gasteiger partial charge on any atom is 0.435 e. The molecular weight excluding hydrogens is 321 g/mol. The zero-order valence-electron chi connectivity index (χ0n) is 13.5. The molecule has 1 N–H and O–H groups in total. The number of hydrogen-bond donors (Lipinski definition) is 1. The van der Waals surface area contributed by atoms with Gasteiger partial charge in [-0.25, -0.2) is 9.97 Å². The van der Waals surface area contributed by atoms with Crippen LogP contribution in [0.2, 0.25) is 0 Å². The summed E-state index contributed by atoms with van der Waals surface area (Å²) in [7, 11) is 0. The van der Waals surface area contributed by atoms with Gasteiger partial charge in [0.2, 0.25) is 0 Å². The number of anilines is 1. The molecule has 1 unspecified atom stereocenters. The van der Waals surface area contributed by atoms with E-state index in [1.807, 2.05) is 0 Å². The van der Waals surface area contributed by atoms with E-state index < -0.39 is 11.9 Å². The van der Waals surface area contributed by atoms with Crippen LogP contribution in [0.15, 0.2) is 12.5 Å². The second kappa shape index (κ2) is 7.23. The third-order valence-corrected chi connectivity index (χ3v) is 5.04. The highest BCUT2D eigenvalue weighted by atomic mass is 19.4. The van der Waals surface area contributed by atoms with Gasteiger partial charge < -0.3 is 10.0 Å². The summed E-state index contributed by atoms with van der Waals surface area (Å²) in [5, 5.41) is 9.50. The fourth-order valence-electron chi connectivity index (χ4n) is 3.81. The van der Waals surface area contributed by atoms with E-state index >= 15 is 0 Å². The molecule has 1 aromatic rings. The van der Waals surface area contributed by atoms with E-state index in [4.69, 9.17) is 0 Å². The third kappa shape index (κ3) is 3.80. The van der Waals surface area contributed by atoms with Crippen molar-refractivity contribution in [2.75, 3.05) is 37.7 Å². The summed E-state index contributed by atoms with van der Waals surface area (Å²) in [4.78, 5) is 11.2. The van der Waals surface area contributed by atoms with Crippen molar-refractivity contribution >= 4 is 5.69 Å². The molecule has 2 aliphatic heterocycles. The zero-order chi connectivity index (χ0) is 17.2. The van der Waals surface area contributed by atoms with Crippen LogP contribution in [0.25, 0.3) is 0 Å². The van der Waals surface area contributed by atoms with Gasteiger partial charge in [0.1, 0.15) is 6.33 Å². The topological polar surface area (TPSA) is 52.5 Å². The van der Waals surface area contributed by atoms with E-state index in [9.17, 15) is 18.3 Å². The van der Waals surface area contributed by atoms with Gasteiger partial charge in [-0.05, 0) is 31.7 Å². The average Bonchev–Trinajstić information content (AvgIpc) is 3.03. The van der Waals surface area contributed by atoms with Crippen molar-refractivity contribution in [1.82, 2.24) is 14.9 Å². The molecule has 2 aliphatic rings. The van der Waals surface area contributed by atoms with Crippen LogP contribution in [0.4, 0.5) is 18.9 Å². The Hall–Kier alpha value is -1.41. The Balaban J connectivity index is 1.66. The first-order chi connectivity index (χ1) is 11.5. The standard InChI is InChI=1S/C16H23F3N4O/c17-16(18,19)15-14(7-20-11-21-15)23-6-4-12(9-23)8-22-5-2-1-3-13(22)10-24/h7,11-13,24H,1-6,8-10H2/t12-,13?/m0/s1. The lowest BCUT2D eigenvalue weighted by Crippen LogP contribution is -2.44. The normalized spacial score (nSPS) is 26.1. The number of aliphatic hydroxyl groups is 1. The maximum atomic E-state index is 13.1. The van der Waals surface area contributed by atoms with Crippen molar-refractivity contribution in [3.8, 4) is 0 Å². The van der Waals surface area contributed by atoms with Crippen LogP contribution in [-0.4, -0.2) is 58.8 Å². The van der Waals surface area contributed by atoms with Gasteiger partial charge in [-0.1, -0.05) is 6.42 Å². The second-order valence-electron chi connectivity index (χ2n) is 6.68. The minimum absolute atomic E-state index is 0.0739. The number of halogens is 3. The van der Waals surface area contributed by atoms with Crippen molar-refractivity contribution in [1.29, 1.82) is 0 Å². The molecule has 0 amide bonds. The fourth-order valence-corrected chi connectivity index (χ4v) is 3.81. The number of likely N-dealkylation sites (tertiary alicyclic amines) is 1. The molecular formula is C16H23F3N4O. The second-order valence-corrected chi connectivity index (χ2v) is 6.68. The SMILES string of the molecule is OCC1CCCCN1C[C@@H]1CCN(c2cncnc2C(F)(F)F)C1. The van der Waals surface area contributed by atoms with Gasteiger partial charge in [0, 0.05) is 25.7 Å². The van der Waals surface area contributed by atoms with E-state index in [0.717, 1.165) is 45.1 Å². The van der Waals surface area contributed by atoms with Crippen LogP contribution in [0.5, 0.6) is 0 Å². The van der Waals surface area contributed by atoms with Crippen LogP contribution >= 0.6 is 0 Å². The fraction of sp³-hybridized carbons (Fsp3) is 0.750. The molecule has 134 valence electrons. The summed E-state index contributed by atoms with van der Waals surface area (Å²) >= 11 is 0. The molecule has 0 radical (unpaired) electrons. The third-order valence-electron chi connectivity index (χ3n) is 5.04. The van der Waals surface area contributed by atoms with E-state index in [0.29, 0.717) is 19.0 Å². The van der Waals surface area contributed by atoms with Crippen molar-refractivity contribution in [2.45, 2.75) is 37.9 Å². The Morgan fingerprint density at radius 1 is 1.21 bits per heavy atom. The molecule has 3 heterocycles. The molecule has 3 rings (SSSR count). The maximum absolute atomic E-state index is 13.1. The first kappa shape index (κ1) is 17.4. The molecule has 5 nitrogen and oxygen atoms in total. The van der Waals surface area contributed by atoms with Crippen LogP contribution in [0.3, 0.4) is 0 Å². The van der Waals surface area contributed by atoms with E-state index in [2.05, 4.69) is 14.9 Å². The molecule has 1 aromatic heterocycles. The average molecular weight is 344 g/mol. The molecule has 0 aromatic carbocycles. The predicted octanol–water partition coefficient (Wildman–Crippen LogP) is 2.17. The summed E-state index contributed by atoms with van der Waals surface area (Å²) < 4.78 is 39.3. The Morgan fingerprint density at radius 3 is 2.79 bits per heavy atom. The van der Waals surface area contributed by atoms with Gasteiger partial charge in [0.05, 0.1) is 18.5 Å². The van der Waals surface area contributed by atoms with Gasteiger partial charge in [-0.3, -0.25) is 4.90 Å². The molecule has 2 saturated heterocycles. The van der Waals surface area contributed by atoms with Crippen LogP contribution in [0, 0.1) is 5.92 Å². The Bertz CT molecular complexity index is 554. The summed E-state index contributed by atoms with van der Waals surface area (Å²) in [6.45, 7) is 3.10. The predicted molar refractivity (Wildman–Crippen MR) is 83.7 cm³/mol. The molecule has 24 heavy (non-hydrogen) atoms. The first-order valence-corrected chi connectivity index (χ1v) is 8.46. The minimum Gasteiger partial charge on any atom is -0.395 e. The lowest BCUT2D eigenvalue weighted by Gasteiger charge is -2.36. The highest BCUT2D eigenvalue weighted by Gasteiger charge is 2.38. The number of rotatable bonds is 4. The largest absolute Gasteiger partial charge is 0.435 e. The number of nitrogens with zero attached hydrogens (tertiary/aromatic N) is 4. The Labute approximate surface area is 139 Å². The van der Waals surface area contributed by atoms with Gasteiger partial charge >= 0.3 is 6.18 Å². The molecule has 0 aliphatic carbocycles. The van der Waals surface area contributed by atoms with Gasteiger partial charge in [-0.15, -0.1) is 0 Å². The first-order valence-electron chi connectivity index (χ1n) is 8.46. The molecule has 8 heteroatoms. The van der Waals surface area contributed by atoms with Gasteiger partial charge in [-0.2, -0.15) is 13.2 Å².